The van der Waals surface area contributed by atoms with Gasteiger partial charge in [-0.05, 0) is 37.1 Å². The van der Waals surface area contributed by atoms with Gasteiger partial charge in [-0.25, -0.2) is 0 Å². The van der Waals surface area contributed by atoms with Gasteiger partial charge in [-0.2, -0.15) is 0 Å². The summed E-state index contributed by atoms with van der Waals surface area (Å²) in [6.45, 7) is 0.489. The van der Waals surface area contributed by atoms with Gasteiger partial charge in [0.2, 0.25) is 5.88 Å². The average Bonchev–Trinajstić information content (AvgIpc) is 2.72. The Labute approximate surface area is 196 Å². The standard InChI is InChI=1S/C21H20N4O10/c1-8-10(18(32)24(6-12(26)27)20(34)14(8)16(22)30)4-3-5-11-9(2)15(17(23)31)21(35)25(19(11)33)7-13(28)29/h3-5,34H,6-7H2,1-2H3,(H2,22,30)(H2,23,31)(H,26,27)(H,28,29)/b4-3+,11-5+. The molecule has 0 aromatic carbocycles. The second-order valence-electron chi connectivity index (χ2n) is 7.28. The number of nitrogens with zero attached hydrogens (tertiary/aromatic N) is 2. The Bertz CT molecular complexity index is 1350. The lowest BCUT2D eigenvalue weighted by Crippen LogP contribution is -2.47. The molecule has 0 bridgehead atoms. The number of aromatic nitrogens is 1. The predicted molar refractivity (Wildman–Crippen MR) is 117 cm³/mol. The van der Waals surface area contributed by atoms with Crippen LogP contribution >= 0.6 is 0 Å². The summed E-state index contributed by atoms with van der Waals surface area (Å²) >= 11 is 0. The SMILES string of the molecule is CC1=C(C(N)=O)C(=O)N(CC(=O)O)C(=O)/C1=C/C=C/c1c(C)c(C(N)=O)c(O)n(CC(=O)O)c1=O. The number of primary amides is 2. The third-order valence-corrected chi connectivity index (χ3v) is 5.05. The molecule has 2 heterocycles. The number of allylic oxidation sites excluding steroid dienone is 2. The van der Waals surface area contributed by atoms with Crippen molar-refractivity contribution in [2.45, 2.75) is 20.4 Å². The van der Waals surface area contributed by atoms with E-state index in [1.165, 1.54) is 13.8 Å². The average molecular weight is 488 g/mol. The zero-order chi connectivity index (χ0) is 26.8. The van der Waals surface area contributed by atoms with E-state index in [0.29, 0.717) is 9.47 Å². The van der Waals surface area contributed by atoms with Crippen molar-refractivity contribution in [1.29, 1.82) is 0 Å². The van der Waals surface area contributed by atoms with Crippen molar-refractivity contribution in [2.24, 2.45) is 11.5 Å². The number of hydrogen-bond acceptors (Lipinski definition) is 8. The first-order valence-corrected chi connectivity index (χ1v) is 9.66. The molecule has 1 aromatic rings. The van der Waals surface area contributed by atoms with Crippen LogP contribution in [-0.2, 0) is 30.5 Å². The van der Waals surface area contributed by atoms with Gasteiger partial charge in [0.25, 0.3) is 29.2 Å². The number of carboxylic acids is 2. The zero-order valence-electron chi connectivity index (χ0n) is 18.4. The number of aromatic hydroxyl groups is 1. The maximum Gasteiger partial charge on any atom is 0.323 e. The summed E-state index contributed by atoms with van der Waals surface area (Å²) in [6.07, 6.45) is 3.26. The first-order chi connectivity index (χ1) is 16.2. The summed E-state index contributed by atoms with van der Waals surface area (Å²) in [5.74, 6) is -8.51. The number of nitrogens with two attached hydrogens (primary N) is 2. The number of pyridine rings is 1. The summed E-state index contributed by atoms with van der Waals surface area (Å²) in [5, 5.41) is 28.2. The first kappa shape index (κ1) is 26.2. The highest BCUT2D eigenvalue weighted by atomic mass is 16.4. The number of carbonyl (C=O) groups is 6. The molecule has 0 fully saturated rings. The van der Waals surface area contributed by atoms with Crippen molar-refractivity contribution in [1.82, 2.24) is 9.47 Å². The van der Waals surface area contributed by atoms with Gasteiger partial charge in [0, 0.05) is 11.1 Å². The lowest BCUT2D eigenvalue weighted by molar-refractivity contribution is -0.150. The van der Waals surface area contributed by atoms with Crippen molar-refractivity contribution in [3.8, 4) is 5.88 Å². The molecule has 0 aliphatic carbocycles. The van der Waals surface area contributed by atoms with Gasteiger partial charge in [-0.3, -0.25) is 43.0 Å². The largest absolute Gasteiger partial charge is 0.494 e. The molecule has 1 aromatic heterocycles. The lowest BCUT2D eigenvalue weighted by Gasteiger charge is -2.27. The van der Waals surface area contributed by atoms with E-state index in [0.717, 1.165) is 18.2 Å². The van der Waals surface area contributed by atoms with Crippen molar-refractivity contribution in [2.75, 3.05) is 6.54 Å². The molecule has 2 rings (SSSR count). The van der Waals surface area contributed by atoms with Crippen LogP contribution in [-0.4, -0.2) is 66.9 Å². The van der Waals surface area contributed by atoms with E-state index in [2.05, 4.69) is 0 Å². The molecule has 0 saturated heterocycles. The van der Waals surface area contributed by atoms with Crippen LogP contribution in [0.3, 0.4) is 0 Å². The Morgan fingerprint density at radius 2 is 1.49 bits per heavy atom. The molecular formula is C21H20N4O10. The fourth-order valence-electron chi connectivity index (χ4n) is 3.45. The first-order valence-electron chi connectivity index (χ1n) is 9.66. The fourth-order valence-corrected chi connectivity index (χ4v) is 3.45. The monoisotopic (exact) mass is 488 g/mol. The van der Waals surface area contributed by atoms with Crippen LogP contribution in [0.25, 0.3) is 6.08 Å². The highest BCUT2D eigenvalue weighted by Crippen LogP contribution is 2.26. The molecule has 7 N–H and O–H groups in total. The maximum absolute atomic E-state index is 12.7. The number of carboxylic acid groups (broad SMARTS) is 2. The number of amides is 4. The molecule has 1 aliphatic heterocycles. The number of rotatable bonds is 8. The molecule has 14 nitrogen and oxygen atoms in total. The van der Waals surface area contributed by atoms with Gasteiger partial charge < -0.3 is 26.8 Å². The van der Waals surface area contributed by atoms with Gasteiger partial charge in [-0.1, -0.05) is 6.08 Å². The Morgan fingerprint density at radius 1 is 0.914 bits per heavy atom. The Balaban J connectivity index is 2.72. The van der Waals surface area contributed by atoms with Crippen molar-refractivity contribution < 1.29 is 44.1 Å². The van der Waals surface area contributed by atoms with E-state index in [1.54, 1.807) is 0 Å². The van der Waals surface area contributed by atoms with Crippen LogP contribution in [0.1, 0.15) is 28.4 Å². The minimum atomic E-state index is -1.53. The molecular weight excluding hydrogens is 468 g/mol. The van der Waals surface area contributed by atoms with E-state index in [4.69, 9.17) is 21.7 Å². The number of carbonyl (C=O) groups excluding carboxylic acids is 4. The van der Waals surface area contributed by atoms with Gasteiger partial charge in [-0.15, -0.1) is 0 Å². The van der Waals surface area contributed by atoms with Crippen molar-refractivity contribution in [3.05, 3.63) is 55.9 Å². The van der Waals surface area contributed by atoms with Crippen LogP contribution in [0.2, 0.25) is 0 Å². The molecule has 0 unspecified atom stereocenters. The molecule has 4 amide bonds. The molecule has 0 saturated carbocycles. The second kappa shape index (κ2) is 9.86. The van der Waals surface area contributed by atoms with Crippen LogP contribution in [0.4, 0.5) is 0 Å². The Hall–Kier alpha value is -5.01. The minimum Gasteiger partial charge on any atom is -0.494 e. The quantitative estimate of drug-likeness (QED) is 0.157. The fraction of sp³-hybridized carbons (Fsp3) is 0.190. The second-order valence-corrected chi connectivity index (χ2v) is 7.28. The third kappa shape index (κ3) is 5.00. The molecule has 1 aliphatic rings. The normalized spacial score (nSPS) is 15.3. The number of imide groups is 1. The van der Waals surface area contributed by atoms with E-state index in [1.807, 2.05) is 0 Å². The van der Waals surface area contributed by atoms with E-state index < -0.39 is 71.2 Å². The zero-order valence-corrected chi connectivity index (χ0v) is 18.4. The van der Waals surface area contributed by atoms with Gasteiger partial charge in [0.1, 0.15) is 24.2 Å². The molecule has 0 spiro atoms. The Morgan fingerprint density at radius 3 is 1.97 bits per heavy atom. The predicted octanol–water partition coefficient (Wildman–Crippen LogP) is -1.76. The summed E-state index contributed by atoms with van der Waals surface area (Å²) in [4.78, 5) is 83.9. The van der Waals surface area contributed by atoms with Crippen LogP contribution in [0.15, 0.2) is 33.7 Å². The Kier molecular flexibility index (Phi) is 7.39. The molecule has 0 atom stereocenters. The topological polar surface area (TPSA) is 240 Å². The van der Waals surface area contributed by atoms with Crippen LogP contribution in [0, 0.1) is 6.92 Å². The molecule has 35 heavy (non-hydrogen) atoms. The minimum absolute atomic E-state index is 0.0842. The van der Waals surface area contributed by atoms with Crippen LogP contribution in [0.5, 0.6) is 5.88 Å². The summed E-state index contributed by atoms with van der Waals surface area (Å²) < 4.78 is 0.414. The van der Waals surface area contributed by atoms with Gasteiger partial charge in [0.05, 0.1) is 0 Å². The van der Waals surface area contributed by atoms with Crippen molar-refractivity contribution in [3.63, 3.8) is 0 Å². The number of aliphatic carboxylic acids is 2. The highest BCUT2D eigenvalue weighted by molar-refractivity contribution is 6.28. The van der Waals surface area contributed by atoms with Gasteiger partial charge >= 0.3 is 11.9 Å². The smallest absolute Gasteiger partial charge is 0.323 e. The summed E-state index contributed by atoms with van der Waals surface area (Å²) in [5.41, 5.74) is 7.60. The van der Waals surface area contributed by atoms with Crippen molar-refractivity contribution >= 4 is 41.6 Å². The highest BCUT2D eigenvalue weighted by Gasteiger charge is 2.38. The molecule has 0 radical (unpaired) electrons. The molecule has 184 valence electrons. The van der Waals surface area contributed by atoms with Crippen LogP contribution < -0.4 is 17.0 Å². The van der Waals surface area contributed by atoms with Gasteiger partial charge in [0.15, 0.2) is 0 Å². The number of hydrogen-bond donors (Lipinski definition) is 5. The summed E-state index contributed by atoms with van der Waals surface area (Å²) in [6, 6.07) is 0. The third-order valence-electron chi connectivity index (χ3n) is 5.05. The van der Waals surface area contributed by atoms with E-state index in [-0.39, 0.29) is 22.3 Å². The lowest BCUT2D eigenvalue weighted by atomic mass is 9.93. The molecule has 14 heteroatoms. The summed E-state index contributed by atoms with van der Waals surface area (Å²) in [7, 11) is 0. The van der Waals surface area contributed by atoms with E-state index >= 15 is 0 Å². The van der Waals surface area contributed by atoms with E-state index in [9.17, 15) is 38.7 Å². The maximum atomic E-state index is 12.7.